The zero-order valence-electron chi connectivity index (χ0n) is 10.7. The average Bonchev–Trinajstić information content (AvgIpc) is 2.76. The Labute approximate surface area is 120 Å². The Kier molecular flexibility index (Phi) is 4.42. The van der Waals surface area contributed by atoms with Gasteiger partial charge in [0.05, 0.1) is 23.6 Å². The van der Waals surface area contributed by atoms with Crippen molar-refractivity contribution in [1.82, 2.24) is 9.61 Å². The highest BCUT2D eigenvalue weighted by Gasteiger charge is 2.15. The van der Waals surface area contributed by atoms with Crippen LogP contribution in [-0.4, -0.2) is 29.9 Å². The molecule has 0 saturated heterocycles. The maximum atomic E-state index is 12.3. The molecule has 0 aliphatic rings. The van der Waals surface area contributed by atoms with Crippen LogP contribution in [-0.2, 0) is 6.42 Å². The van der Waals surface area contributed by atoms with E-state index in [4.69, 9.17) is 0 Å². The van der Waals surface area contributed by atoms with Crippen molar-refractivity contribution >= 4 is 33.8 Å². The molecular weight excluding hydrogens is 344 g/mol. The number of pyridine rings is 1. The minimum Gasteiger partial charge on any atom is -0.371 e. The van der Waals surface area contributed by atoms with E-state index in [1.165, 1.54) is 0 Å². The highest BCUT2D eigenvalue weighted by Crippen LogP contribution is 2.27. The molecule has 2 aromatic heterocycles. The van der Waals surface area contributed by atoms with Gasteiger partial charge in [-0.15, -0.1) is 0 Å². The maximum Gasteiger partial charge on any atom is 0.103 e. The first-order chi connectivity index (χ1) is 8.69. The highest BCUT2D eigenvalue weighted by molar-refractivity contribution is 14.1. The van der Waals surface area contributed by atoms with Crippen LogP contribution in [0.15, 0.2) is 18.2 Å². The molecule has 0 saturated carbocycles. The van der Waals surface area contributed by atoms with Crippen molar-refractivity contribution in [2.45, 2.75) is 19.8 Å². The molecule has 2 rings (SSSR count). The van der Waals surface area contributed by atoms with Crippen LogP contribution in [0.1, 0.15) is 19.0 Å². The molecular formula is C13H17FIN3. The third-order valence-electron chi connectivity index (χ3n) is 3.00. The highest BCUT2D eigenvalue weighted by atomic mass is 127. The van der Waals surface area contributed by atoms with Gasteiger partial charge >= 0.3 is 0 Å². The number of hydrogen-bond donors (Lipinski definition) is 0. The molecule has 2 aromatic rings. The van der Waals surface area contributed by atoms with Crippen molar-refractivity contribution in [2.24, 2.45) is 0 Å². The van der Waals surface area contributed by atoms with Crippen LogP contribution in [0.2, 0.25) is 0 Å². The van der Waals surface area contributed by atoms with Crippen molar-refractivity contribution in [3.63, 3.8) is 0 Å². The maximum absolute atomic E-state index is 12.3. The van der Waals surface area contributed by atoms with Crippen molar-refractivity contribution in [3.8, 4) is 0 Å². The molecule has 0 bridgehead atoms. The molecule has 0 aliphatic carbocycles. The molecule has 0 spiro atoms. The van der Waals surface area contributed by atoms with Crippen LogP contribution < -0.4 is 4.90 Å². The van der Waals surface area contributed by atoms with Gasteiger partial charge in [0.2, 0.25) is 0 Å². The number of anilines is 1. The number of halogens is 2. The first-order valence-corrected chi connectivity index (χ1v) is 7.20. The molecule has 0 fully saturated rings. The van der Waals surface area contributed by atoms with Crippen molar-refractivity contribution in [1.29, 1.82) is 0 Å². The molecule has 3 nitrogen and oxygen atoms in total. The van der Waals surface area contributed by atoms with E-state index in [0.29, 0.717) is 6.42 Å². The summed E-state index contributed by atoms with van der Waals surface area (Å²) >= 11 is 2.28. The molecule has 0 N–H and O–H groups in total. The number of alkyl halides is 1. The Morgan fingerprint density at radius 3 is 2.89 bits per heavy atom. The quantitative estimate of drug-likeness (QED) is 0.602. The second-order valence-corrected chi connectivity index (χ2v) is 5.36. The largest absolute Gasteiger partial charge is 0.371 e. The lowest BCUT2D eigenvalue weighted by molar-refractivity contribution is 0.474. The van der Waals surface area contributed by atoms with Gasteiger partial charge in [-0.1, -0.05) is 13.0 Å². The van der Waals surface area contributed by atoms with E-state index in [9.17, 15) is 4.39 Å². The Morgan fingerprint density at radius 1 is 1.44 bits per heavy atom. The van der Waals surface area contributed by atoms with E-state index in [-0.39, 0.29) is 6.67 Å². The van der Waals surface area contributed by atoms with Crippen molar-refractivity contribution in [2.75, 3.05) is 25.2 Å². The number of aryl methyl sites for hydroxylation is 1. The zero-order valence-corrected chi connectivity index (χ0v) is 12.8. The zero-order chi connectivity index (χ0) is 13.1. The third kappa shape index (κ3) is 2.46. The van der Waals surface area contributed by atoms with E-state index >= 15 is 0 Å². The van der Waals surface area contributed by atoms with Crippen LogP contribution in [0.4, 0.5) is 10.1 Å². The predicted octanol–water partition coefficient (Wildman–Crippen LogP) is 3.30. The number of fused-ring (bicyclic) bond motifs is 1. The molecule has 5 heteroatoms. The summed E-state index contributed by atoms with van der Waals surface area (Å²) in [5.74, 6) is 0. The lowest BCUT2D eigenvalue weighted by Crippen LogP contribution is -2.19. The van der Waals surface area contributed by atoms with E-state index in [2.05, 4.69) is 45.6 Å². The summed E-state index contributed by atoms with van der Waals surface area (Å²) in [6.07, 6.45) is 1.44. The fourth-order valence-electron chi connectivity index (χ4n) is 2.13. The summed E-state index contributed by atoms with van der Waals surface area (Å²) in [5.41, 5.74) is 3.30. The Balaban J connectivity index is 2.50. The minimum atomic E-state index is -0.275. The lowest BCUT2D eigenvalue weighted by atomic mass is 10.2. The third-order valence-corrected chi connectivity index (χ3v) is 3.82. The van der Waals surface area contributed by atoms with Gasteiger partial charge in [0.25, 0.3) is 0 Å². The SMILES string of the molecule is CCc1nn2c(I)cccc2c1N(C)CCCF. The van der Waals surface area contributed by atoms with Crippen LogP contribution in [0.5, 0.6) is 0 Å². The number of nitrogens with zero attached hydrogens (tertiary/aromatic N) is 3. The summed E-state index contributed by atoms with van der Waals surface area (Å²) in [6.45, 7) is 2.54. The summed E-state index contributed by atoms with van der Waals surface area (Å²) in [5, 5.41) is 4.63. The molecule has 18 heavy (non-hydrogen) atoms. The second kappa shape index (κ2) is 5.86. The summed E-state index contributed by atoms with van der Waals surface area (Å²) < 4.78 is 15.4. The van der Waals surface area contributed by atoms with E-state index in [0.717, 1.165) is 33.6 Å². The van der Waals surface area contributed by atoms with E-state index in [1.54, 1.807) is 0 Å². The van der Waals surface area contributed by atoms with Gasteiger partial charge in [0.1, 0.15) is 3.70 Å². The Hall–Kier alpha value is -0.850. The number of hydrogen-bond acceptors (Lipinski definition) is 2. The van der Waals surface area contributed by atoms with Crippen LogP contribution in [0.3, 0.4) is 0 Å². The summed E-state index contributed by atoms with van der Waals surface area (Å²) in [6, 6.07) is 6.13. The molecule has 0 amide bonds. The van der Waals surface area contributed by atoms with Gasteiger partial charge in [-0.3, -0.25) is 4.39 Å². The monoisotopic (exact) mass is 361 g/mol. The number of rotatable bonds is 5. The Bertz CT molecular complexity index is 538. The molecule has 0 atom stereocenters. The van der Waals surface area contributed by atoms with E-state index in [1.807, 2.05) is 23.7 Å². The van der Waals surface area contributed by atoms with Crippen molar-refractivity contribution in [3.05, 3.63) is 27.6 Å². The second-order valence-electron chi connectivity index (χ2n) is 4.26. The number of aromatic nitrogens is 2. The van der Waals surface area contributed by atoms with Gasteiger partial charge in [0, 0.05) is 13.6 Å². The van der Waals surface area contributed by atoms with Crippen LogP contribution in [0.25, 0.3) is 5.52 Å². The van der Waals surface area contributed by atoms with Gasteiger partial charge in [-0.05, 0) is 47.6 Å². The van der Waals surface area contributed by atoms with Gasteiger partial charge in [-0.2, -0.15) is 5.10 Å². The van der Waals surface area contributed by atoms with Gasteiger partial charge in [-0.25, -0.2) is 4.52 Å². The molecule has 98 valence electrons. The first-order valence-electron chi connectivity index (χ1n) is 6.12. The normalized spacial score (nSPS) is 11.1. The Morgan fingerprint density at radius 2 is 2.22 bits per heavy atom. The first kappa shape index (κ1) is 13.6. The molecule has 0 aromatic carbocycles. The summed E-state index contributed by atoms with van der Waals surface area (Å²) in [4.78, 5) is 2.11. The fraction of sp³-hybridized carbons (Fsp3) is 0.462. The topological polar surface area (TPSA) is 20.5 Å². The lowest BCUT2D eigenvalue weighted by Gasteiger charge is -2.18. The standard InChI is InChI=1S/C13H17FIN3/c1-3-10-13(17(2)9-5-8-14)11-6-4-7-12(15)18(11)16-10/h4,6-7H,3,5,8-9H2,1-2H3. The predicted molar refractivity (Wildman–Crippen MR) is 81.1 cm³/mol. The fourth-order valence-corrected chi connectivity index (χ4v) is 2.71. The van der Waals surface area contributed by atoms with Crippen LogP contribution >= 0.6 is 22.6 Å². The average molecular weight is 361 g/mol. The van der Waals surface area contributed by atoms with E-state index < -0.39 is 0 Å². The molecule has 0 unspecified atom stereocenters. The minimum absolute atomic E-state index is 0.275. The van der Waals surface area contributed by atoms with Gasteiger partial charge < -0.3 is 4.90 Å². The molecule has 0 radical (unpaired) electrons. The van der Waals surface area contributed by atoms with Gasteiger partial charge in [0.15, 0.2) is 0 Å². The van der Waals surface area contributed by atoms with Crippen LogP contribution in [0, 0.1) is 3.70 Å². The smallest absolute Gasteiger partial charge is 0.103 e. The molecule has 0 aliphatic heterocycles. The summed E-state index contributed by atoms with van der Waals surface area (Å²) in [7, 11) is 2.01. The molecule has 2 heterocycles. The van der Waals surface area contributed by atoms with Crippen molar-refractivity contribution < 1.29 is 4.39 Å².